The van der Waals surface area contributed by atoms with Gasteiger partial charge < -0.3 is 4.90 Å². The number of thioether (sulfide) groups is 1. The highest BCUT2D eigenvalue weighted by molar-refractivity contribution is 8.00. The summed E-state index contributed by atoms with van der Waals surface area (Å²) in [6, 6.07) is 0. The van der Waals surface area contributed by atoms with Crippen LogP contribution >= 0.6 is 11.8 Å². The van der Waals surface area contributed by atoms with E-state index < -0.39 is 0 Å². The van der Waals surface area contributed by atoms with E-state index in [1.54, 1.807) is 0 Å². The molecule has 70 valence electrons. The van der Waals surface area contributed by atoms with E-state index in [2.05, 4.69) is 0 Å². The number of amides is 1. The molecule has 1 amide bonds. The van der Waals surface area contributed by atoms with Crippen LogP contribution < -0.4 is 0 Å². The highest BCUT2D eigenvalue weighted by atomic mass is 32.2. The summed E-state index contributed by atoms with van der Waals surface area (Å²) in [7, 11) is 0. The summed E-state index contributed by atoms with van der Waals surface area (Å²) in [5.74, 6) is 1.51. The second-order valence-electron chi connectivity index (χ2n) is 3.01. The third-order valence-corrected chi connectivity index (χ3v) is 3.64. The molecule has 0 spiro atoms. The van der Waals surface area contributed by atoms with Crippen LogP contribution in [-0.4, -0.2) is 34.9 Å². The van der Waals surface area contributed by atoms with Gasteiger partial charge in [0.1, 0.15) is 0 Å². The zero-order valence-electron chi connectivity index (χ0n) is 7.88. The highest BCUT2D eigenvalue weighted by Gasteiger charge is 2.26. The van der Waals surface area contributed by atoms with Gasteiger partial charge in [-0.15, -0.1) is 11.8 Å². The van der Waals surface area contributed by atoms with Gasteiger partial charge in [0.2, 0.25) is 5.91 Å². The van der Waals surface area contributed by atoms with Crippen LogP contribution in [-0.2, 0) is 4.79 Å². The van der Waals surface area contributed by atoms with Crippen molar-refractivity contribution in [3.05, 3.63) is 0 Å². The van der Waals surface area contributed by atoms with Gasteiger partial charge in [-0.2, -0.15) is 0 Å². The first kappa shape index (κ1) is 9.90. The predicted molar refractivity (Wildman–Crippen MR) is 53.4 cm³/mol. The van der Waals surface area contributed by atoms with Crippen LogP contribution in [0.3, 0.4) is 0 Å². The summed E-state index contributed by atoms with van der Waals surface area (Å²) in [4.78, 5) is 13.6. The molecule has 0 saturated carbocycles. The molecule has 3 heteroatoms. The van der Waals surface area contributed by atoms with Crippen LogP contribution in [0.2, 0.25) is 0 Å². The molecule has 0 radical (unpaired) electrons. The molecule has 1 rings (SSSR count). The maximum Gasteiger partial charge on any atom is 0.235 e. The zero-order valence-corrected chi connectivity index (χ0v) is 8.69. The molecular formula is C9H17NOS. The van der Waals surface area contributed by atoms with Gasteiger partial charge in [0.25, 0.3) is 0 Å². The van der Waals surface area contributed by atoms with E-state index in [0.29, 0.717) is 5.91 Å². The maximum absolute atomic E-state index is 11.7. The average molecular weight is 187 g/mol. The Labute approximate surface area is 78.7 Å². The van der Waals surface area contributed by atoms with E-state index in [1.807, 2.05) is 30.5 Å². The Balaban J connectivity index is 2.43. The van der Waals surface area contributed by atoms with Gasteiger partial charge in [-0.25, -0.2) is 0 Å². The predicted octanol–water partition coefficient (Wildman–Crippen LogP) is 1.75. The Bertz CT molecular complexity index is 147. The molecule has 0 aliphatic carbocycles. The lowest BCUT2D eigenvalue weighted by atomic mass is 10.2. The van der Waals surface area contributed by atoms with Crippen molar-refractivity contribution in [1.82, 2.24) is 4.90 Å². The molecule has 1 aliphatic heterocycles. The van der Waals surface area contributed by atoms with E-state index in [0.717, 1.165) is 25.3 Å². The van der Waals surface area contributed by atoms with Crippen molar-refractivity contribution < 1.29 is 4.79 Å². The molecule has 0 bridgehead atoms. The first-order valence-electron chi connectivity index (χ1n) is 4.70. The third-order valence-electron chi connectivity index (χ3n) is 2.28. The number of hydrogen-bond acceptors (Lipinski definition) is 2. The Morgan fingerprint density at radius 3 is 2.58 bits per heavy atom. The number of rotatable bonds is 3. The van der Waals surface area contributed by atoms with Gasteiger partial charge >= 0.3 is 0 Å². The third kappa shape index (κ3) is 2.16. The summed E-state index contributed by atoms with van der Waals surface area (Å²) in [6.45, 7) is 5.79. The Hall–Kier alpha value is -0.180. The largest absolute Gasteiger partial charge is 0.342 e. The molecule has 1 heterocycles. The van der Waals surface area contributed by atoms with Crippen LogP contribution in [0.5, 0.6) is 0 Å². The maximum atomic E-state index is 11.7. The highest BCUT2D eigenvalue weighted by Crippen LogP contribution is 2.27. The second-order valence-corrected chi connectivity index (χ2v) is 4.32. The molecule has 1 atom stereocenters. The van der Waals surface area contributed by atoms with E-state index in [9.17, 15) is 4.79 Å². The number of carbonyl (C=O) groups excluding carboxylic acids is 1. The minimum atomic E-state index is 0.268. The topological polar surface area (TPSA) is 20.3 Å². The summed E-state index contributed by atoms with van der Waals surface area (Å²) < 4.78 is 0. The van der Waals surface area contributed by atoms with Gasteiger partial charge in [-0.05, 0) is 32.4 Å². The fourth-order valence-corrected chi connectivity index (χ4v) is 2.75. The Morgan fingerprint density at radius 1 is 1.50 bits per heavy atom. The number of carbonyl (C=O) groups is 1. The molecular weight excluding hydrogens is 170 g/mol. The Kier molecular flexibility index (Phi) is 3.92. The lowest BCUT2D eigenvalue weighted by Gasteiger charge is -2.21. The van der Waals surface area contributed by atoms with Crippen molar-refractivity contribution in [3.8, 4) is 0 Å². The monoisotopic (exact) mass is 187 g/mol. The molecule has 1 saturated heterocycles. The molecule has 0 aromatic carbocycles. The molecule has 0 N–H and O–H groups in total. The normalized spacial score (nSPS) is 22.7. The van der Waals surface area contributed by atoms with Crippen molar-refractivity contribution in [2.45, 2.75) is 31.9 Å². The number of hydrogen-bond donors (Lipinski definition) is 0. The first-order valence-corrected chi connectivity index (χ1v) is 5.74. The summed E-state index contributed by atoms with van der Waals surface area (Å²) >= 11 is 1.82. The van der Waals surface area contributed by atoms with Crippen LogP contribution in [0.4, 0.5) is 0 Å². The van der Waals surface area contributed by atoms with Crippen molar-refractivity contribution in [2.75, 3.05) is 18.8 Å². The van der Waals surface area contributed by atoms with Gasteiger partial charge in [0.15, 0.2) is 0 Å². The van der Waals surface area contributed by atoms with Crippen molar-refractivity contribution in [2.24, 2.45) is 0 Å². The zero-order chi connectivity index (χ0) is 8.97. The summed E-state index contributed by atoms with van der Waals surface area (Å²) in [5.41, 5.74) is 0. The molecule has 12 heavy (non-hydrogen) atoms. The summed E-state index contributed by atoms with van der Waals surface area (Å²) in [5, 5.41) is 0.268. The lowest BCUT2D eigenvalue weighted by Crippen LogP contribution is -2.36. The standard InChI is InChI=1S/C9H17NOS/c1-3-10(4-2)9(11)8-6-5-7-12-8/h8H,3-7H2,1-2H3. The van der Waals surface area contributed by atoms with E-state index in [-0.39, 0.29) is 5.25 Å². The molecule has 1 fully saturated rings. The van der Waals surface area contributed by atoms with Gasteiger partial charge in [-0.3, -0.25) is 4.79 Å². The van der Waals surface area contributed by atoms with Gasteiger partial charge in [0, 0.05) is 13.1 Å². The molecule has 0 aromatic rings. The summed E-state index contributed by atoms with van der Waals surface area (Å²) in [6.07, 6.45) is 2.29. The number of nitrogens with zero attached hydrogens (tertiary/aromatic N) is 1. The van der Waals surface area contributed by atoms with Crippen LogP contribution in [0.15, 0.2) is 0 Å². The first-order chi connectivity index (χ1) is 5.79. The van der Waals surface area contributed by atoms with Gasteiger partial charge in [0.05, 0.1) is 5.25 Å². The van der Waals surface area contributed by atoms with Crippen molar-refractivity contribution in [1.29, 1.82) is 0 Å². The quantitative estimate of drug-likeness (QED) is 0.671. The fraction of sp³-hybridized carbons (Fsp3) is 0.889. The minimum absolute atomic E-state index is 0.268. The fourth-order valence-electron chi connectivity index (χ4n) is 1.51. The van der Waals surface area contributed by atoms with Crippen molar-refractivity contribution in [3.63, 3.8) is 0 Å². The molecule has 0 aromatic heterocycles. The Morgan fingerprint density at radius 2 is 2.17 bits per heavy atom. The smallest absolute Gasteiger partial charge is 0.235 e. The molecule has 1 aliphatic rings. The van der Waals surface area contributed by atoms with Crippen LogP contribution in [0, 0.1) is 0 Å². The SMILES string of the molecule is CCN(CC)C(=O)C1CCCS1. The lowest BCUT2D eigenvalue weighted by molar-refractivity contribution is -0.130. The van der Waals surface area contributed by atoms with E-state index in [1.165, 1.54) is 6.42 Å². The van der Waals surface area contributed by atoms with Gasteiger partial charge in [-0.1, -0.05) is 0 Å². The average Bonchev–Trinajstić information content (AvgIpc) is 2.58. The van der Waals surface area contributed by atoms with Crippen LogP contribution in [0.1, 0.15) is 26.7 Å². The second kappa shape index (κ2) is 4.75. The van der Waals surface area contributed by atoms with Crippen molar-refractivity contribution >= 4 is 17.7 Å². The minimum Gasteiger partial charge on any atom is -0.342 e. The van der Waals surface area contributed by atoms with Crippen LogP contribution in [0.25, 0.3) is 0 Å². The molecule has 1 unspecified atom stereocenters. The van der Waals surface area contributed by atoms with E-state index in [4.69, 9.17) is 0 Å². The molecule has 2 nitrogen and oxygen atoms in total. The van der Waals surface area contributed by atoms with E-state index >= 15 is 0 Å².